The lowest BCUT2D eigenvalue weighted by Crippen LogP contribution is -2.17. The SMILES string of the molecule is COc1ccccc1CNC[C@H]1C[C@@H]1c1cc(F)ccc1OCCF.Cl. The molecule has 3 rings (SSSR count). The van der Waals surface area contributed by atoms with Gasteiger partial charge in [-0.05, 0) is 49.1 Å². The second kappa shape index (κ2) is 9.74. The van der Waals surface area contributed by atoms with Gasteiger partial charge in [0.25, 0.3) is 0 Å². The van der Waals surface area contributed by atoms with Gasteiger partial charge in [0.05, 0.1) is 7.11 Å². The molecular weight excluding hydrogens is 360 g/mol. The molecule has 0 amide bonds. The summed E-state index contributed by atoms with van der Waals surface area (Å²) in [5.41, 5.74) is 1.96. The molecule has 3 nitrogen and oxygen atoms in total. The van der Waals surface area contributed by atoms with Crippen molar-refractivity contribution in [2.75, 3.05) is 26.9 Å². The molecular formula is C20H24ClF2NO2. The number of hydrogen-bond donors (Lipinski definition) is 1. The number of alkyl halides is 1. The van der Waals surface area contributed by atoms with Gasteiger partial charge in [0.1, 0.15) is 30.6 Å². The highest BCUT2D eigenvalue weighted by Gasteiger charge is 2.39. The predicted octanol–water partition coefficient (Wildman–Crippen LogP) is 4.50. The molecule has 6 heteroatoms. The third kappa shape index (κ3) is 5.08. The maximum Gasteiger partial charge on any atom is 0.123 e. The van der Waals surface area contributed by atoms with Crippen LogP contribution in [0.5, 0.6) is 11.5 Å². The summed E-state index contributed by atoms with van der Waals surface area (Å²) in [5.74, 6) is 1.88. The Morgan fingerprint density at radius 2 is 1.96 bits per heavy atom. The quantitative estimate of drug-likeness (QED) is 0.691. The number of hydrogen-bond acceptors (Lipinski definition) is 3. The van der Waals surface area contributed by atoms with Crippen molar-refractivity contribution in [3.05, 3.63) is 59.4 Å². The van der Waals surface area contributed by atoms with E-state index >= 15 is 0 Å². The second-order valence-electron chi connectivity index (χ2n) is 6.26. The van der Waals surface area contributed by atoms with Crippen molar-refractivity contribution < 1.29 is 18.3 Å². The number of ether oxygens (including phenoxy) is 2. The molecule has 2 aromatic rings. The Balaban J connectivity index is 0.00000243. The molecule has 0 spiro atoms. The summed E-state index contributed by atoms with van der Waals surface area (Å²) in [4.78, 5) is 0. The van der Waals surface area contributed by atoms with E-state index in [9.17, 15) is 8.78 Å². The molecule has 2 atom stereocenters. The first-order valence-electron chi connectivity index (χ1n) is 8.53. The van der Waals surface area contributed by atoms with Crippen LogP contribution in [-0.4, -0.2) is 26.9 Å². The van der Waals surface area contributed by atoms with E-state index in [1.165, 1.54) is 12.1 Å². The molecule has 0 unspecified atom stereocenters. The normalized spacial score (nSPS) is 18.1. The van der Waals surface area contributed by atoms with Gasteiger partial charge < -0.3 is 14.8 Å². The van der Waals surface area contributed by atoms with Gasteiger partial charge in [-0.25, -0.2) is 8.78 Å². The minimum Gasteiger partial charge on any atom is -0.496 e. The molecule has 0 aliphatic heterocycles. The fraction of sp³-hybridized carbons (Fsp3) is 0.400. The Labute approximate surface area is 159 Å². The van der Waals surface area contributed by atoms with Crippen LogP contribution in [0.15, 0.2) is 42.5 Å². The maximum atomic E-state index is 13.6. The van der Waals surface area contributed by atoms with E-state index in [1.54, 1.807) is 13.2 Å². The van der Waals surface area contributed by atoms with E-state index in [2.05, 4.69) is 5.32 Å². The summed E-state index contributed by atoms with van der Waals surface area (Å²) < 4.78 is 36.7. The van der Waals surface area contributed by atoms with Crippen LogP contribution >= 0.6 is 12.4 Å². The number of nitrogens with one attached hydrogen (secondary N) is 1. The summed E-state index contributed by atoms with van der Waals surface area (Å²) in [6.07, 6.45) is 0.981. The summed E-state index contributed by atoms with van der Waals surface area (Å²) >= 11 is 0. The monoisotopic (exact) mass is 383 g/mol. The average Bonchev–Trinajstić information content (AvgIpc) is 3.40. The van der Waals surface area contributed by atoms with E-state index in [-0.39, 0.29) is 30.7 Å². The molecule has 0 saturated heterocycles. The van der Waals surface area contributed by atoms with Crippen LogP contribution in [0.2, 0.25) is 0 Å². The van der Waals surface area contributed by atoms with Crippen LogP contribution in [-0.2, 0) is 6.54 Å². The van der Waals surface area contributed by atoms with E-state index < -0.39 is 6.67 Å². The minimum absolute atomic E-state index is 0. The van der Waals surface area contributed by atoms with E-state index in [0.717, 1.165) is 36.4 Å². The van der Waals surface area contributed by atoms with Crippen molar-refractivity contribution in [2.24, 2.45) is 5.92 Å². The van der Waals surface area contributed by atoms with Crippen molar-refractivity contribution in [1.82, 2.24) is 5.32 Å². The predicted molar refractivity (Wildman–Crippen MR) is 101 cm³/mol. The van der Waals surface area contributed by atoms with Gasteiger partial charge in [-0.1, -0.05) is 18.2 Å². The largest absolute Gasteiger partial charge is 0.496 e. The fourth-order valence-electron chi connectivity index (χ4n) is 3.18. The lowest BCUT2D eigenvalue weighted by molar-refractivity contribution is 0.270. The summed E-state index contributed by atoms with van der Waals surface area (Å²) in [5, 5.41) is 3.44. The number of rotatable bonds is 9. The molecule has 1 saturated carbocycles. The van der Waals surface area contributed by atoms with Crippen LogP contribution < -0.4 is 14.8 Å². The van der Waals surface area contributed by atoms with Crippen LogP contribution in [0.1, 0.15) is 23.5 Å². The summed E-state index contributed by atoms with van der Waals surface area (Å²) in [6.45, 7) is 1.01. The van der Waals surface area contributed by atoms with E-state index in [0.29, 0.717) is 11.7 Å². The molecule has 2 aromatic carbocycles. The van der Waals surface area contributed by atoms with Gasteiger partial charge in [-0.3, -0.25) is 0 Å². The summed E-state index contributed by atoms with van der Waals surface area (Å²) in [6, 6.07) is 12.4. The lowest BCUT2D eigenvalue weighted by Gasteiger charge is -2.11. The highest BCUT2D eigenvalue weighted by atomic mass is 35.5. The molecule has 26 heavy (non-hydrogen) atoms. The molecule has 1 fully saturated rings. The molecule has 0 bridgehead atoms. The number of halogens is 3. The highest BCUT2D eigenvalue weighted by Crippen LogP contribution is 2.50. The van der Waals surface area contributed by atoms with Crippen molar-refractivity contribution in [2.45, 2.75) is 18.9 Å². The first-order chi connectivity index (χ1) is 12.2. The number of para-hydroxylation sites is 1. The Hall–Kier alpha value is -1.85. The van der Waals surface area contributed by atoms with Crippen LogP contribution in [0.3, 0.4) is 0 Å². The second-order valence-corrected chi connectivity index (χ2v) is 6.26. The molecule has 0 aromatic heterocycles. The Morgan fingerprint density at radius 1 is 1.15 bits per heavy atom. The molecule has 1 N–H and O–H groups in total. The zero-order valence-corrected chi connectivity index (χ0v) is 15.5. The summed E-state index contributed by atoms with van der Waals surface area (Å²) in [7, 11) is 1.67. The molecule has 1 aliphatic rings. The van der Waals surface area contributed by atoms with Gasteiger partial charge >= 0.3 is 0 Å². The molecule has 0 radical (unpaired) electrons. The Kier molecular flexibility index (Phi) is 7.66. The Bertz CT molecular complexity index is 714. The van der Waals surface area contributed by atoms with Crippen molar-refractivity contribution in [3.8, 4) is 11.5 Å². The first kappa shape index (κ1) is 20.5. The van der Waals surface area contributed by atoms with Crippen molar-refractivity contribution >= 4 is 12.4 Å². The van der Waals surface area contributed by atoms with Crippen LogP contribution in [0, 0.1) is 11.7 Å². The smallest absolute Gasteiger partial charge is 0.123 e. The van der Waals surface area contributed by atoms with E-state index in [4.69, 9.17) is 9.47 Å². The minimum atomic E-state index is -0.550. The topological polar surface area (TPSA) is 30.5 Å². The lowest BCUT2D eigenvalue weighted by atomic mass is 10.1. The fourth-order valence-corrected chi connectivity index (χ4v) is 3.18. The molecule has 142 valence electrons. The van der Waals surface area contributed by atoms with Gasteiger partial charge in [-0.15, -0.1) is 12.4 Å². The number of benzene rings is 2. The zero-order valence-electron chi connectivity index (χ0n) is 14.7. The van der Waals surface area contributed by atoms with Crippen LogP contribution in [0.25, 0.3) is 0 Å². The Morgan fingerprint density at radius 3 is 2.73 bits per heavy atom. The standard InChI is InChI=1S/C20H23F2NO2.ClH/c1-24-19-5-3-2-4-14(19)12-23-13-15-10-17(15)18-11-16(22)6-7-20(18)25-9-8-21;/h2-7,11,15,17,23H,8-10,12-13H2,1H3;1H/t15-,17+;/m1./s1. The van der Waals surface area contributed by atoms with Crippen molar-refractivity contribution in [1.29, 1.82) is 0 Å². The highest BCUT2D eigenvalue weighted by molar-refractivity contribution is 5.85. The maximum absolute atomic E-state index is 13.6. The zero-order chi connectivity index (χ0) is 17.6. The van der Waals surface area contributed by atoms with Crippen molar-refractivity contribution in [3.63, 3.8) is 0 Å². The van der Waals surface area contributed by atoms with E-state index in [1.807, 2.05) is 24.3 Å². The third-order valence-corrected chi connectivity index (χ3v) is 4.54. The van der Waals surface area contributed by atoms with Gasteiger partial charge in [0, 0.05) is 17.7 Å². The average molecular weight is 384 g/mol. The van der Waals surface area contributed by atoms with Crippen LogP contribution in [0.4, 0.5) is 8.78 Å². The van der Waals surface area contributed by atoms with Gasteiger partial charge in [0.2, 0.25) is 0 Å². The molecule has 1 aliphatic carbocycles. The number of methoxy groups -OCH3 is 1. The third-order valence-electron chi connectivity index (χ3n) is 4.54. The molecule has 0 heterocycles. The first-order valence-corrected chi connectivity index (χ1v) is 8.53. The van der Waals surface area contributed by atoms with Gasteiger partial charge in [-0.2, -0.15) is 0 Å². The van der Waals surface area contributed by atoms with Gasteiger partial charge in [0.15, 0.2) is 0 Å².